The van der Waals surface area contributed by atoms with Crippen LogP contribution >= 0.6 is 0 Å². The number of carbonyl (C=O) groups excluding carboxylic acids is 1. The molecule has 0 bridgehead atoms. The smallest absolute Gasteiger partial charge is 0.410 e. The van der Waals surface area contributed by atoms with Crippen LogP contribution in [0.5, 0.6) is 0 Å². The number of alkyl halides is 2. The van der Waals surface area contributed by atoms with Gasteiger partial charge >= 0.3 is 6.09 Å². The van der Waals surface area contributed by atoms with Gasteiger partial charge in [0.15, 0.2) is 0 Å². The summed E-state index contributed by atoms with van der Waals surface area (Å²) in [6.07, 6.45) is -0.444. The summed E-state index contributed by atoms with van der Waals surface area (Å²) in [5.41, 5.74) is -1.52. The number of fused-ring (bicyclic) bond motifs is 1. The van der Waals surface area contributed by atoms with Crippen molar-refractivity contribution in [3.05, 3.63) is 34.0 Å². The number of nitrogens with zero attached hydrogens (tertiary/aromatic N) is 4. The summed E-state index contributed by atoms with van der Waals surface area (Å²) in [6, 6.07) is 2.18. The second-order valence-electron chi connectivity index (χ2n) is 7.84. The predicted octanol–water partition coefficient (Wildman–Crippen LogP) is 4.45. The van der Waals surface area contributed by atoms with Crippen molar-refractivity contribution in [2.75, 3.05) is 13.1 Å². The molecule has 2 aromatic rings. The molecule has 8 nitrogen and oxygen atoms in total. The van der Waals surface area contributed by atoms with Gasteiger partial charge in [-0.2, -0.15) is 5.10 Å². The molecular weight excluding hydrogens is 374 g/mol. The molecule has 1 aromatic heterocycles. The van der Waals surface area contributed by atoms with Gasteiger partial charge in [-0.15, -0.1) is 0 Å². The van der Waals surface area contributed by atoms with Crippen molar-refractivity contribution in [2.45, 2.75) is 51.7 Å². The Bertz CT molecular complexity index is 899. The number of ether oxygens (including phenoxy) is 1. The number of amides is 1. The third-order valence-corrected chi connectivity index (χ3v) is 4.59. The Kier molecular flexibility index (Phi) is 5.22. The molecule has 0 N–H and O–H groups in total. The number of hydrogen-bond donors (Lipinski definition) is 0. The molecule has 0 spiro atoms. The maximum Gasteiger partial charge on any atom is 0.410 e. The fourth-order valence-corrected chi connectivity index (χ4v) is 3.25. The average molecular weight is 396 g/mol. The average Bonchev–Trinajstić information content (AvgIpc) is 3.02. The molecule has 0 aliphatic carbocycles. The molecule has 152 valence electrons. The van der Waals surface area contributed by atoms with Crippen molar-refractivity contribution in [1.82, 2.24) is 14.7 Å². The molecule has 1 aliphatic rings. The molecule has 28 heavy (non-hydrogen) atoms. The maximum atomic E-state index is 13.1. The van der Waals surface area contributed by atoms with Gasteiger partial charge < -0.3 is 9.64 Å². The minimum atomic E-state index is -2.95. The van der Waals surface area contributed by atoms with Crippen LogP contribution in [-0.2, 0) is 4.74 Å². The summed E-state index contributed by atoms with van der Waals surface area (Å²) < 4.78 is 33.3. The summed E-state index contributed by atoms with van der Waals surface area (Å²) in [7, 11) is 0. The SMILES string of the molecule is CC(C)(C)OC(=O)N1CCC(n2cc3cc([N+](=O)[O-])c(C(F)F)cc3n2)CC1. The number of benzene rings is 1. The molecule has 0 unspecified atom stereocenters. The van der Waals surface area contributed by atoms with Crippen molar-refractivity contribution in [1.29, 1.82) is 0 Å². The first-order valence-electron chi connectivity index (χ1n) is 8.98. The molecule has 0 radical (unpaired) electrons. The van der Waals surface area contributed by atoms with Crippen molar-refractivity contribution in [2.24, 2.45) is 0 Å². The van der Waals surface area contributed by atoms with Gasteiger partial charge in [-0.1, -0.05) is 0 Å². The molecule has 2 heterocycles. The number of carbonyl (C=O) groups is 1. The number of likely N-dealkylation sites (tertiary alicyclic amines) is 1. The number of rotatable bonds is 3. The van der Waals surface area contributed by atoms with E-state index in [9.17, 15) is 23.7 Å². The molecule has 1 aliphatic heterocycles. The number of aromatic nitrogens is 2. The highest BCUT2D eigenvalue weighted by Gasteiger charge is 2.29. The monoisotopic (exact) mass is 396 g/mol. The third-order valence-electron chi connectivity index (χ3n) is 4.59. The van der Waals surface area contributed by atoms with E-state index in [1.54, 1.807) is 36.5 Å². The molecule has 10 heteroatoms. The van der Waals surface area contributed by atoms with E-state index in [4.69, 9.17) is 4.74 Å². The lowest BCUT2D eigenvalue weighted by molar-refractivity contribution is -0.386. The lowest BCUT2D eigenvalue weighted by Crippen LogP contribution is -2.42. The minimum Gasteiger partial charge on any atom is -0.444 e. The highest BCUT2D eigenvalue weighted by Crippen LogP contribution is 2.33. The van der Waals surface area contributed by atoms with Crippen LogP contribution in [0.15, 0.2) is 18.3 Å². The van der Waals surface area contributed by atoms with E-state index in [2.05, 4.69) is 5.10 Å². The highest BCUT2D eigenvalue weighted by molar-refractivity contribution is 5.82. The van der Waals surface area contributed by atoms with Crippen LogP contribution < -0.4 is 0 Å². The predicted molar refractivity (Wildman–Crippen MR) is 97.4 cm³/mol. The molecule has 1 fully saturated rings. The van der Waals surface area contributed by atoms with Gasteiger partial charge in [0, 0.05) is 30.7 Å². The second-order valence-corrected chi connectivity index (χ2v) is 7.84. The number of halogens is 2. The van der Waals surface area contributed by atoms with Crippen LogP contribution in [0.2, 0.25) is 0 Å². The Morgan fingerprint density at radius 2 is 1.96 bits per heavy atom. The zero-order chi connectivity index (χ0) is 20.6. The van der Waals surface area contributed by atoms with Crippen LogP contribution in [0, 0.1) is 10.1 Å². The van der Waals surface area contributed by atoms with Crippen molar-refractivity contribution < 1.29 is 23.2 Å². The molecular formula is C18H22F2N4O4. The van der Waals surface area contributed by atoms with Gasteiger partial charge in [-0.3, -0.25) is 14.8 Å². The molecule has 3 rings (SSSR count). The van der Waals surface area contributed by atoms with Gasteiger partial charge in [0.25, 0.3) is 12.1 Å². The summed E-state index contributed by atoms with van der Waals surface area (Å²) >= 11 is 0. The molecule has 0 atom stereocenters. The fourth-order valence-electron chi connectivity index (χ4n) is 3.25. The Hall–Kier alpha value is -2.78. The lowest BCUT2D eigenvalue weighted by atomic mass is 10.1. The van der Waals surface area contributed by atoms with E-state index in [-0.39, 0.29) is 17.7 Å². The quantitative estimate of drug-likeness (QED) is 0.565. The summed E-state index contributed by atoms with van der Waals surface area (Å²) in [5, 5.41) is 15.8. The number of piperidine rings is 1. The first-order valence-corrected chi connectivity index (χ1v) is 8.98. The largest absolute Gasteiger partial charge is 0.444 e. The van der Waals surface area contributed by atoms with Gasteiger partial charge in [0.1, 0.15) is 5.60 Å². The van der Waals surface area contributed by atoms with E-state index in [1.165, 1.54) is 0 Å². The number of nitro groups is 1. The Balaban J connectivity index is 1.76. The molecule has 1 saturated heterocycles. The van der Waals surface area contributed by atoms with Crippen LogP contribution in [0.1, 0.15) is 51.6 Å². The van der Waals surface area contributed by atoms with Crippen LogP contribution in [0.3, 0.4) is 0 Å². The van der Waals surface area contributed by atoms with E-state index in [0.717, 1.165) is 12.1 Å². The first kappa shape index (κ1) is 20.0. The topological polar surface area (TPSA) is 90.5 Å². The molecule has 1 aromatic carbocycles. The van der Waals surface area contributed by atoms with E-state index in [0.29, 0.717) is 31.3 Å². The number of hydrogen-bond acceptors (Lipinski definition) is 5. The highest BCUT2D eigenvalue weighted by atomic mass is 19.3. The van der Waals surface area contributed by atoms with Gasteiger partial charge in [0.2, 0.25) is 0 Å². The van der Waals surface area contributed by atoms with Crippen molar-refractivity contribution in [3.63, 3.8) is 0 Å². The Morgan fingerprint density at radius 3 is 2.50 bits per heavy atom. The summed E-state index contributed by atoms with van der Waals surface area (Å²) in [6.45, 7) is 6.38. The third kappa shape index (κ3) is 4.20. The van der Waals surface area contributed by atoms with Crippen LogP contribution in [0.25, 0.3) is 10.9 Å². The molecule has 0 saturated carbocycles. The van der Waals surface area contributed by atoms with E-state index < -0.39 is 28.2 Å². The normalized spacial score (nSPS) is 16.0. The van der Waals surface area contributed by atoms with Gasteiger partial charge in [-0.05, 0) is 39.7 Å². The minimum absolute atomic E-state index is 0.0276. The maximum absolute atomic E-state index is 13.1. The van der Waals surface area contributed by atoms with E-state index >= 15 is 0 Å². The van der Waals surface area contributed by atoms with Gasteiger partial charge in [-0.25, -0.2) is 13.6 Å². The van der Waals surface area contributed by atoms with Crippen LogP contribution in [0.4, 0.5) is 19.3 Å². The first-order chi connectivity index (χ1) is 13.0. The van der Waals surface area contributed by atoms with E-state index in [1.807, 2.05) is 0 Å². The van der Waals surface area contributed by atoms with Crippen molar-refractivity contribution in [3.8, 4) is 0 Å². The zero-order valence-electron chi connectivity index (χ0n) is 15.9. The van der Waals surface area contributed by atoms with Crippen LogP contribution in [-0.4, -0.2) is 44.4 Å². The Labute approximate surface area is 160 Å². The summed E-state index contributed by atoms with van der Waals surface area (Å²) in [4.78, 5) is 24.0. The van der Waals surface area contributed by atoms with Crippen molar-refractivity contribution >= 4 is 22.7 Å². The summed E-state index contributed by atoms with van der Waals surface area (Å²) in [5.74, 6) is 0. The Morgan fingerprint density at radius 1 is 1.32 bits per heavy atom. The second kappa shape index (κ2) is 7.33. The lowest BCUT2D eigenvalue weighted by Gasteiger charge is -2.33. The number of nitro benzene ring substituents is 1. The molecule has 1 amide bonds. The standard InChI is InChI=1S/C18H22F2N4O4/c1-18(2,3)28-17(25)22-6-4-12(5-7-22)23-10-11-8-15(24(26)27)13(16(19)20)9-14(11)21-23/h8-10,12,16H,4-7H2,1-3H3. The zero-order valence-corrected chi connectivity index (χ0v) is 15.9. The van der Waals surface area contributed by atoms with Gasteiger partial charge in [0.05, 0.1) is 22.0 Å². The fraction of sp³-hybridized carbons (Fsp3) is 0.556.